The number of nitrogens with one attached hydrogen (secondary N) is 1. The lowest BCUT2D eigenvalue weighted by Crippen LogP contribution is -2.35. The summed E-state index contributed by atoms with van der Waals surface area (Å²) in [5.74, 6) is -0.961. The first kappa shape index (κ1) is 11.5. The minimum atomic E-state index is -0.961. The molecule has 0 aliphatic carbocycles. The fraction of sp³-hybridized carbons (Fsp3) is 0.364. The zero-order valence-electron chi connectivity index (χ0n) is 8.68. The van der Waals surface area contributed by atoms with Gasteiger partial charge >= 0.3 is 5.97 Å². The first-order valence-corrected chi connectivity index (χ1v) is 4.89. The first-order valence-electron chi connectivity index (χ1n) is 4.89. The van der Waals surface area contributed by atoms with E-state index in [4.69, 9.17) is 10.8 Å². The molecular formula is C11H16N2O2. The molecule has 4 N–H and O–H groups in total. The largest absolute Gasteiger partial charge is 0.480 e. The van der Waals surface area contributed by atoms with Crippen molar-refractivity contribution in [3.05, 3.63) is 30.3 Å². The number of rotatable bonds is 5. The summed E-state index contributed by atoms with van der Waals surface area (Å²) in [5, 5.41) is 11.8. The van der Waals surface area contributed by atoms with Crippen LogP contribution in [0.3, 0.4) is 0 Å². The fourth-order valence-electron chi connectivity index (χ4n) is 1.36. The normalized spacial score (nSPS) is 14.3. The van der Waals surface area contributed by atoms with Crippen molar-refractivity contribution in [2.24, 2.45) is 5.73 Å². The number of carboxylic acids is 1. The monoisotopic (exact) mass is 208 g/mol. The van der Waals surface area contributed by atoms with Crippen LogP contribution >= 0.6 is 0 Å². The van der Waals surface area contributed by atoms with Crippen molar-refractivity contribution in [1.29, 1.82) is 0 Å². The standard InChI is InChI=1S/C11H16N2O2/c1-8(7-10(12)11(14)15)13-9-5-3-2-4-6-9/h2-6,8,10,13H,7,12H2,1H3,(H,14,15)/t8?,10-/m0/s1. The van der Waals surface area contributed by atoms with E-state index in [1.54, 1.807) is 0 Å². The molecule has 0 aliphatic heterocycles. The van der Waals surface area contributed by atoms with E-state index in [1.807, 2.05) is 37.3 Å². The van der Waals surface area contributed by atoms with Crippen LogP contribution in [0, 0.1) is 0 Å². The Morgan fingerprint density at radius 3 is 2.60 bits per heavy atom. The Morgan fingerprint density at radius 1 is 1.47 bits per heavy atom. The average molecular weight is 208 g/mol. The quantitative estimate of drug-likeness (QED) is 0.681. The summed E-state index contributed by atoms with van der Waals surface area (Å²) in [7, 11) is 0. The SMILES string of the molecule is CC(C[C@H](N)C(=O)O)Nc1ccccc1. The molecular weight excluding hydrogens is 192 g/mol. The molecule has 0 heterocycles. The Bertz CT molecular complexity index is 314. The fourth-order valence-corrected chi connectivity index (χ4v) is 1.36. The van der Waals surface area contributed by atoms with Crippen LogP contribution in [0.15, 0.2) is 30.3 Å². The van der Waals surface area contributed by atoms with Gasteiger partial charge in [0.25, 0.3) is 0 Å². The summed E-state index contributed by atoms with van der Waals surface area (Å²) in [4.78, 5) is 10.5. The zero-order valence-corrected chi connectivity index (χ0v) is 8.68. The van der Waals surface area contributed by atoms with Gasteiger partial charge in [-0.1, -0.05) is 18.2 Å². The van der Waals surface area contributed by atoms with Gasteiger partial charge in [0.05, 0.1) is 0 Å². The van der Waals surface area contributed by atoms with Gasteiger partial charge in [-0.25, -0.2) is 0 Å². The van der Waals surface area contributed by atoms with Crippen molar-refractivity contribution in [3.63, 3.8) is 0 Å². The van der Waals surface area contributed by atoms with Crippen LogP contribution in [0.5, 0.6) is 0 Å². The van der Waals surface area contributed by atoms with Gasteiger partial charge < -0.3 is 16.2 Å². The molecule has 0 radical (unpaired) electrons. The third-order valence-corrected chi connectivity index (χ3v) is 2.11. The number of anilines is 1. The van der Waals surface area contributed by atoms with Crippen LogP contribution in [0.1, 0.15) is 13.3 Å². The summed E-state index contributed by atoms with van der Waals surface area (Å²) in [6.07, 6.45) is 0.407. The predicted molar refractivity (Wildman–Crippen MR) is 59.8 cm³/mol. The van der Waals surface area contributed by atoms with Crippen molar-refractivity contribution in [2.45, 2.75) is 25.4 Å². The third kappa shape index (κ3) is 3.99. The second-order valence-electron chi connectivity index (χ2n) is 3.59. The summed E-state index contributed by atoms with van der Waals surface area (Å²) < 4.78 is 0. The Morgan fingerprint density at radius 2 is 2.07 bits per heavy atom. The maximum Gasteiger partial charge on any atom is 0.320 e. The molecule has 1 rings (SSSR count). The van der Waals surface area contributed by atoms with Crippen molar-refractivity contribution in [2.75, 3.05) is 5.32 Å². The number of hydrogen-bond acceptors (Lipinski definition) is 3. The Labute approximate surface area is 89.1 Å². The van der Waals surface area contributed by atoms with E-state index in [0.29, 0.717) is 6.42 Å². The summed E-state index contributed by atoms with van der Waals surface area (Å²) in [6, 6.07) is 8.87. The number of carbonyl (C=O) groups is 1. The second-order valence-corrected chi connectivity index (χ2v) is 3.59. The van der Waals surface area contributed by atoms with Crippen LogP contribution in [0.2, 0.25) is 0 Å². The van der Waals surface area contributed by atoms with E-state index >= 15 is 0 Å². The zero-order chi connectivity index (χ0) is 11.3. The van der Waals surface area contributed by atoms with Gasteiger partial charge in [0.1, 0.15) is 6.04 Å². The number of carboxylic acid groups (broad SMARTS) is 1. The topological polar surface area (TPSA) is 75.4 Å². The molecule has 4 heteroatoms. The highest BCUT2D eigenvalue weighted by molar-refractivity contribution is 5.73. The third-order valence-electron chi connectivity index (χ3n) is 2.11. The molecule has 2 atom stereocenters. The molecule has 0 spiro atoms. The molecule has 0 aromatic heterocycles. The van der Waals surface area contributed by atoms with Crippen molar-refractivity contribution in [3.8, 4) is 0 Å². The lowest BCUT2D eigenvalue weighted by Gasteiger charge is -2.17. The number of nitrogens with two attached hydrogens (primary N) is 1. The summed E-state index contributed by atoms with van der Waals surface area (Å²) in [6.45, 7) is 1.91. The minimum absolute atomic E-state index is 0.0403. The molecule has 0 saturated heterocycles. The maximum absolute atomic E-state index is 10.5. The van der Waals surface area contributed by atoms with Crippen LogP contribution in [-0.2, 0) is 4.79 Å². The molecule has 1 aromatic rings. The van der Waals surface area contributed by atoms with Crippen LogP contribution in [0.25, 0.3) is 0 Å². The number of aliphatic carboxylic acids is 1. The molecule has 0 saturated carbocycles. The highest BCUT2D eigenvalue weighted by atomic mass is 16.4. The van der Waals surface area contributed by atoms with E-state index in [0.717, 1.165) is 5.69 Å². The van der Waals surface area contributed by atoms with Gasteiger partial charge in [0.2, 0.25) is 0 Å². The summed E-state index contributed by atoms with van der Waals surface area (Å²) >= 11 is 0. The first-order chi connectivity index (χ1) is 7.09. The molecule has 4 nitrogen and oxygen atoms in total. The average Bonchev–Trinajstić information content (AvgIpc) is 2.18. The van der Waals surface area contributed by atoms with Crippen molar-refractivity contribution in [1.82, 2.24) is 0 Å². The van der Waals surface area contributed by atoms with Crippen LogP contribution < -0.4 is 11.1 Å². The molecule has 82 valence electrons. The minimum Gasteiger partial charge on any atom is -0.480 e. The lowest BCUT2D eigenvalue weighted by molar-refractivity contribution is -0.138. The van der Waals surface area contributed by atoms with Gasteiger partial charge in [0, 0.05) is 11.7 Å². The molecule has 15 heavy (non-hydrogen) atoms. The highest BCUT2D eigenvalue weighted by Crippen LogP contribution is 2.09. The van der Waals surface area contributed by atoms with Crippen LogP contribution in [-0.4, -0.2) is 23.2 Å². The molecule has 1 aromatic carbocycles. The van der Waals surface area contributed by atoms with E-state index in [2.05, 4.69) is 5.32 Å². The molecule has 0 fully saturated rings. The molecule has 1 unspecified atom stereocenters. The van der Waals surface area contributed by atoms with Crippen molar-refractivity contribution >= 4 is 11.7 Å². The maximum atomic E-state index is 10.5. The smallest absolute Gasteiger partial charge is 0.320 e. The van der Waals surface area contributed by atoms with Gasteiger partial charge in [-0.15, -0.1) is 0 Å². The van der Waals surface area contributed by atoms with E-state index in [1.165, 1.54) is 0 Å². The van der Waals surface area contributed by atoms with E-state index in [-0.39, 0.29) is 6.04 Å². The molecule has 0 bridgehead atoms. The van der Waals surface area contributed by atoms with Gasteiger partial charge in [-0.3, -0.25) is 4.79 Å². The predicted octanol–water partition coefficient (Wildman–Crippen LogP) is 1.29. The van der Waals surface area contributed by atoms with Crippen molar-refractivity contribution < 1.29 is 9.90 Å². The summed E-state index contributed by atoms with van der Waals surface area (Å²) in [5.41, 5.74) is 6.41. The Balaban J connectivity index is 2.43. The second kappa shape index (κ2) is 5.36. The Hall–Kier alpha value is -1.55. The Kier molecular flexibility index (Phi) is 4.12. The molecule has 0 aliphatic rings. The number of benzene rings is 1. The number of para-hydroxylation sites is 1. The van der Waals surface area contributed by atoms with Gasteiger partial charge in [-0.2, -0.15) is 0 Å². The van der Waals surface area contributed by atoms with Crippen LogP contribution in [0.4, 0.5) is 5.69 Å². The van der Waals surface area contributed by atoms with E-state index in [9.17, 15) is 4.79 Å². The van der Waals surface area contributed by atoms with Gasteiger partial charge in [0.15, 0.2) is 0 Å². The van der Waals surface area contributed by atoms with E-state index < -0.39 is 12.0 Å². The highest BCUT2D eigenvalue weighted by Gasteiger charge is 2.15. The van der Waals surface area contributed by atoms with Gasteiger partial charge in [-0.05, 0) is 25.5 Å². The lowest BCUT2D eigenvalue weighted by atomic mass is 10.1. The molecule has 0 amide bonds. The number of hydrogen-bond donors (Lipinski definition) is 3.